The van der Waals surface area contributed by atoms with E-state index in [2.05, 4.69) is 5.32 Å². The van der Waals surface area contributed by atoms with Crippen LogP contribution < -0.4 is 5.32 Å². The minimum absolute atomic E-state index is 0.0424. The zero-order valence-electron chi connectivity index (χ0n) is 11.4. The lowest BCUT2D eigenvalue weighted by molar-refractivity contribution is -0.141. The van der Waals surface area contributed by atoms with Crippen molar-refractivity contribution in [3.8, 4) is 0 Å². The molecule has 1 amide bonds. The maximum absolute atomic E-state index is 12.5. The topological polar surface area (TPSA) is 69.6 Å². The van der Waals surface area contributed by atoms with Gasteiger partial charge in [-0.3, -0.25) is 9.59 Å². The predicted octanol–water partition coefficient (Wildman–Crippen LogP) is 1.37. The van der Waals surface area contributed by atoms with Crippen LogP contribution in [0.25, 0.3) is 0 Å². The molecule has 2 aliphatic heterocycles. The fourth-order valence-corrected chi connectivity index (χ4v) is 3.14. The highest BCUT2D eigenvalue weighted by Gasteiger charge is 2.32. The molecular formula is C14H24N2O3. The normalized spacial score (nSPS) is 28.1. The van der Waals surface area contributed by atoms with Gasteiger partial charge in [0.15, 0.2) is 0 Å². The van der Waals surface area contributed by atoms with Gasteiger partial charge >= 0.3 is 5.97 Å². The van der Waals surface area contributed by atoms with Crippen LogP contribution in [0.5, 0.6) is 0 Å². The Morgan fingerprint density at radius 1 is 1.16 bits per heavy atom. The van der Waals surface area contributed by atoms with Gasteiger partial charge in [0, 0.05) is 19.0 Å². The molecule has 0 aromatic carbocycles. The average molecular weight is 268 g/mol. The van der Waals surface area contributed by atoms with E-state index in [0.29, 0.717) is 6.42 Å². The Morgan fingerprint density at radius 3 is 2.63 bits per heavy atom. The van der Waals surface area contributed by atoms with Gasteiger partial charge in [0.25, 0.3) is 0 Å². The molecule has 2 unspecified atom stereocenters. The summed E-state index contributed by atoms with van der Waals surface area (Å²) >= 11 is 0. The van der Waals surface area contributed by atoms with E-state index in [1.54, 1.807) is 0 Å². The number of carboxylic acids is 1. The maximum atomic E-state index is 12.5. The van der Waals surface area contributed by atoms with Crippen molar-refractivity contribution in [2.24, 2.45) is 0 Å². The van der Waals surface area contributed by atoms with Crippen molar-refractivity contribution in [1.82, 2.24) is 10.2 Å². The molecule has 2 rings (SSSR count). The zero-order valence-corrected chi connectivity index (χ0v) is 11.4. The standard InChI is InChI=1S/C14H24N2O3/c17-13(18)8-7-11-5-2-4-10-16(11)14(19)12-6-1-3-9-15-12/h11-12,15H,1-10H2,(H,17,18). The van der Waals surface area contributed by atoms with E-state index in [9.17, 15) is 9.59 Å². The van der Waals surface area contributed by atoms with E-state index in [-0.39, 0.29) is 24.4 Å². The number of hydrogen-bond donors (Lipinski definition) is 2. The first kappa shape index (κ1) is 14.3. The van der Waals surface area contributed by atoms with Crippen molar-refractivity contribution in [3.05, 3.63) is 0 Å². The van der Waals surface area contributed by atoms with Gasteiger partial charge in [0.05, 0.1) is 6.04 Å². The number of aliphatic carboxylic acids is 1. The summed E-state index contributed by atoms with van der Waals surface area (Å²) in [6, 6.07) is 0.0836. The van der Waals surface area contributed by atoms with Crippen molar-refractivity contribution >= 4 is 11.9 Å². The molecule has 5 heteroatoms. The summed E-state index contributed by atoms with van der Waals surface area (Å²) in [6.45, 7) is 1.71. The van der Waals surface area contributed by atoms with E-state index in [1.165, 1.54) is 0 Å². The van der Waals surface area contributed by atoms with E-state index in [4.69, 9.17) is 5.11 Å². The van der Waals surface area contributed by atoms with Crippen molar-refractivity contribution in [3.63, 3.8) is 0 Å². The van der Waals surface area contributed by atoms with Crippen LogP contribution in [0.2, 0.25) is 0 Å². The molecule has 2 atom stereocenters. The largest absolute Gasteiger partial charge is 0.481 e. The molecule has 19 heavy (non-hydrogen) atoms. The summed E-state index contributed by atoms with van der Waals surface area (Å²) in [5.74, 6) is -0.580. The molecule has 2 aliphatic rings. The fourth-order valence-electron chi connectivity index (χ4n) is 3.14. The number of piperidine rings is 2. The van der Waals surface area contributed by atoms with E-state index >= 15 is 0 Å². The van der Waals surface area contributed by atoms with E-state index < -0.39 is 5.97 Å². The highest BCUT2D eigenvalue weighted by molar-refractivity contribution is 5.82. The number of carbonyl (C=O) groups excluding carboxylic acids is 1. The highest BCUT2D eigenvalue weighted by atomic mass is 16.4. The first-order chi connectivity index (χ1) is 9.18. The van der Waals surface area contributed by atoms with Crippen molar-refractivity contribution in [1.29, 1.82) is 0 Å². The minimum Gasteiger partial charge on any atom is -0.481 e. The van der Waals surface area contributed by atoms with Gasteiger partial charge in [-0.1, -0.05) is 6.42 Å². The van der Waals surface area contributed by atoms with Gasteiger partial charge in [0.1, 0.15) is 0 Å². The van der Waals surface area contributed by atoms with E-state index in [0.717, 1.165) is 51.6 Å². The lowest BCUT2D eigenvalue weighted by Gasteiger charge is -2.38. The summed E-state index contributed by atoms with van der Waals surface area (Å²) in [6.07, 6.45) is 7.02. The van der Waals surface area contributed by atoms with Crippen LogP contribution in [0.4, 0.5) is 0 Å². The Kier molecular flexibility index (Phi) is 5.19. The van der Waals surface area contributed by atoms with Crippen molar-refractivity contribution in [2.45, 2.75) is 63.5 Å². The third-order valence-corrected chi connectivity index (χ3v) is 4.21. The second-order valence-electron chi connectivity index (χ2n) is 5.62. The van der Waals surface area contributed by atoms with Crippen molar-refractivity contribution < 1.29 is 14.7 Å². The molecule has 0 radical (unpaired) electrons. The number of carboxylic acid groups (broad SMARTS) is 1. The Labute approximate surface area is 114 Å². The molecule has 2 saturated heterocycles. The van der Waals surface area contributed by atoms with Crippen molar-refractivity contribution in [2.75, 3.05) is 13.1 Å². The first-order valence-electron chi connectivity index (χ1n) is 7.44. The summed E-state index contributed by atoms with van der Waals surface area (Å²) in [5.41, 5.74) is 0. The fraction of sp³-hybridized carbons (Fsp3) is 0.857. The summed E-state index contributed by atoms with van der Waals surface area (Å²) in [4.78, 5) is 25.2. The third kappa shape index (κ3) is 3.93. The SMILES string of the molecule is O=C(O)CCC1CCCCN1C(=O)C1CCCCN1. The molecule has 108 valence electrons. The number of likely N-dealkylation sites (tertiary alicyclic amines) is 1. The third-order valence-electron chi connectivity index (χ3n) is 4.21. The Bertz CT molecular complexity index is 327. The van der Waals surface area contributed by atoms with Gasteiger partial charge in [-0.25, -0.2) is 0 Å². The number of hydrogen-bond acceptors (Lipinski definition) is 3. The average Bonchev–Trinajstić information content (AvgIpc) is 2.45. The summed E-state index contributed by atoms with van der Waals surface area (Å²) in [7, 11) is 0. The maximum Gasteiger partial charge on any atom is 0.303 e. The second-order valence-corrected chi connectivity index (χ2v) is 5.62. The molecule has 0 spiro atoms. The van der Waals surface area contributed by atoms with Crippen LogP contribution >= 0.6 is 0 Å². The molecule has 0 aliphatic carbocycles. The van der Waals surface area contributed by atoms with Crippen LogP contribution in [0.15, 0.2) is 0 Å². The van der Waals surface area contributed by atoms with Crippen LogP contribution in [0.3, 0.4) is 0 Å². The molecule has 0 aromatic rings. The van der Waals surface area contributed by atoms with Crippen LogP contribution in [0.1, 0.15) is 51.4 Å². The van der Waals surface area contributed by atoms with Crippen LogP contribution in [-0.4, -0.2) is 47.1 Å². The molecule has 0 aromatic heterocycles. The Hall–Kier alpha value is -1.10. The van der Waals surface area contributed by atoms with Gasteiger partial charge in [-0.15, -0.1) is 0 Å². The number of nitrogens with zero attached hydrogens (tertiary/aromatic N) is 1. The Morgan fingerprint density at radius 2 is 1.95 bits per heavy atom. The number of carbonyl (C=O) groups is 2. The minimum atomic E-state index is -0.770. The first-order valence-corrected chi connectivity index (χ1v) is 7.44. The summed E-state index contributed by atoms with van der Waals surface area (Å²) in [5, 5.41) is 12.1. The van der Waals surface area contributed by atoms with Gasteiger partial charge in [-0.2, -0.15) is 0 Å². The lowest BCUT2D eigenvalue weighted by atomic mass is 9.95. The van der Waals surface area contributed by atoms with E-state index in [1.807, 2.05) is 4.90 Å². The zero-order chi connectivity index (χ0) is 13.7. The number of amides is 1. The molecular weight excluding hydrogens is 244 g/mol. The molecule has 2 N–H and O–H groups in total. The van der Waals surface area contributed by atoms with Gasteiger partial charge in [0.2, 0.25) is 5.91 Å². The molecule has 0 saturated carbocycles. The smallest absolute Gasteiger partial charge is 0.303 e. The molecule has 0 bridgehead atoms. The van der Waals surface area contributed by atoms with Crippen LogP contribution in [0, 0.1) is 0 Å². The monoisotopic (exact) mass is 268 g/mol. The molecule has 5 nitrogen and oxygen atoms in total. The number of nitrogens with one attached hydrogen (secondary N) is 1. The van der Waals surface area contributed by atoms with Gasteiger partial charge in [-0.05, 0) is 45.1 Å². The quantitative estimate of drug-likeness (QED) is 0.808. The molecule has 2 fully saturated rings. The number of rotatable bonds is 4. The highest BCUT2D eigenvalue weighted by Crippen LogP contribution is 2.23. The molecule has 2 heterocycles. The predicted molar refractivity (Wildman–Crippen MR) is 71.9 cm³/mol. The van der Waals surface area contributed by atoms with Crippen LogP contribution in [-0.2, 0) is 9.59 Å². The second kappa shape index (κ2) is 6.89. The summed E-state index contributed by atoms with van der Waals surface area (Å²) < 4.78 is 0. The lowest BCUT2D eigenvalue weighted by Crippen LogP contribution is -2.53. The Balaban J connectivity index is 1.93. The van der Waals surface area contributed by atoms with Gasteiger partial charge < -0.3 is 15.3 Å².